The summed E-state index contributed by atoms with van der Waals surface area (Å²) >= 11 is 0. The van der Waals surface area contributed by atoms with Gasteiger partial charge in [-0.2, -0.15) is 0 Å². The van der Waals surface area contributed by atoms with E-state index in [1.165, 1.54) is 0 Å². The average Bonchev–Trinajstić information content (AvgIpc) is 3.02. The first-order valence-corrected chi connectivity index (χ1v) is 9.06. The van der Waals surface area contributed by atoms with E-state index in [0.29, 0.717) is 18.3 Å². The van der Waals surface area contributed by atoms with E-state index in [9.17, 15) is 4.79 Å². The van der Waals surface area contributed by atoms with Gasteiger partial charge in [0, 0.05) is 32.2 Å². The fraction of sp³-hybridized carbons (Fsp3) is 0.526. The predicted molar refractivity (Wildman–Crippen MR) is 99.5 cm³/mol. The van der Waals surface area contributed by atoms with Crippen LogP contribution in [0.1, 0.15) is 35.6 Å². The lowest BCUT2D eigenvalue weighted by atomic mass is 10.2. The van der Waals surface area contributed by atoms with Crippen molar-refractivity contribution in [2.75, 3.05) is 33.3 Å². The van der Waals surface area contributed by atoms with Gasteiger partial charge in [0.25, 0.3) is 5.91 Å². The highest BCUT2D eigenvalue weighted by molar-refractivity contribution is 5.93. The van der Waals surface area contributed by atoms with Gasteiger partial charge in [-0.3, -0.25) is 9.69 Å². The lowest BCUT2D eigenvalue weighted by Gasteiger charge is -2.36. The molecular weight excluding hydrogens is 330 g/mol. The smallest absolute Gasteiger partial charge is 0.276 e. The summed E-state index contributed by atoms with van der Waals surface area (Å²) < 4.78 is 6.96. The van der Waals surface area contributed by atoms with Gasteiger partial charge in [-0.15, -0.1) is 5.10 Å². The number of methoxy groups -OCH3 is 1. The van der Waals surface area contributed by atoms with Gasteiger partial charge in [0.05, 0.1) is 19.3 Å². The van der Waals surface area contributed by atoms with Crippen LogP contribution in [0.25, 0.3) is 0 Å². The first kappa shape index (κ1) is 18.4. The summed E-state index contributed by atoms with van der Waals surface area (Å²) in [6.45, 7) is 10.1. The standard InChI is InChI=1S/C19H27N5O2/c1-14(2)22-9-11-23(12-10-22)19(25)18-15(3)24(21-20-18)13-16-5-7-17(26-4)8-6-16/h5-8,14H,9-13H2,1-4H3. The third kappa shape index (κ3) is 3.88. The molecule has 3 rings (SSSR count). The van der Waals surface area contributed by atoms with Crippen LogP contribution in [0.3, 0.4) is 0 Å². The highest BCUT2D eigenvalue weighted by Gasteiger charge is 2.26. The summed E-state index contributed by atoms with van der Waals surface area (Å²) in [6.07, 6.45) is 0. The number of aromatic nitrogens is 3. The van der Waals surface area contributed by atoms with Gasteiger partial charge in [-0.05, 0) is 38.5 Å². The Morgan fingerprint density at radius 3 is 2.38 bits per heavy atom. The van der Waals surface area contributed by atoms with Gasteiger partial charge in [0.1, 0.15) is 5.75 Å². The van der Waals surface area contributed by atoms with Gasteiger partial charge in [0.2, 0.25) is 0 Å². The predicted octanol–water partition coefficient (Wildman–Crippen LogP) is 1.81. The van der Waals surface area contributed by atoms with Crippen LogP contribution >= 0.6 is 0 Å². The number of nitrogens with zero attached hydrogens (tertiary/aromatic N) is 5. The Labute approximate surface area is 154 Å². The number of hydrogen-bond acceptors (Lipinski definition) is 5. The van der Waals surface area contributed by atoms with E-state index in [-0.39, 0.29) is 5.91 Å². The minimum absolute atomic E-state index is 0.0214. The number of carbonyl (C=O) groups excluding carboxylic acids is 1. The van der Waals surface area contributed by atoms with Crippen molar-refractivity contribution in [1.29, 1.82) is 0 Å². The monoisotopic (exact) mass is 357 g/mol. The van der Waals surface area contributed by atoms with Crippen LogP contribution in [0, 0.1) is 6.92 Å². The number of piperazine rings is 1. The van der Waals surface area contributed by atoms with Crippen LogP contribution in [0.5, 0.6) is 5.75 Å². The first-order valence-electron chi connectivity index (χ1n) is 9.06. The highest BCUT2D eigenvalue weighted by atomic mass is 16.5. The largest absolute Gasteiger partial charge is 0.497 e. The zero-order valence-corrected chi connectivity index (χ0v) is 16.0. The summed E-state index contributed by atoms with van der Waals surface area (Å²) in [5, 5.41) is 8.35. The molecular formula is C19H27N5O2. The maximum atomic E-state index is 12.8. The van der Waals surface area contributed by atoms with E-state index in [1.54, 1.807) is 11.8 Å². The third-order valence-corrected chi connectivity index (χ3v) is 5.01. The summed E-state index contributed by atoms with van der Waals surface area (Å²) in [4.78, 5) is 17.1. The molecule has 26 heavy (non-hydrogen) atoms. The summed E-state index contributed by atoms with van der Waals surface area (Å²) in [5.41, 5.74) is 2.34. The van der Waals surface area contributed by atoms with E-state index in [2.05, 4.69) is 29.1 Å². The molecule has 0 aliphatic carbocycles. The minimum Gasteiger partial charge on any atom is -0.497 e. The van der Waals surface area contributed by atoms with Crippen molar-refractivity contribution in [3.05, 3.63) is 41.2 Å². The highest BCUT2D eigenvalue weighted by Crippen LogP contribution is 2.15. The normalized spacial score (nSPS) is 15.5. The van der Waals surface area contributed by atoms with Crippen LogP contribution in [0.15, 0.2) is 24.3 Å². The van der Waals surface area contributed by atoms with Crippen LogP contribution in [-0.4, -0.2) is 70.0 Å². The van der Waals surface area contributed by atoms with Crippen molar-refractivity contribution >= 4 is 5.91 Å². The summed E-state index contributed by atoms with van der Waals surface area (Å²) in [7, 11) is 1.65. The topological polar surface area (TPSA) is 63.5 Å². The molecule has 0 radical (unpaired) electrons. The molecule has 7 heteroatoms. The summed E-state index contributed by atoms with van der Waals surface area (Å²) in [5.74, 6) is 0.798. The molecule has 0 spiro atoms. The van der Waals surface area contributed by atoms with Gasteiger partial charge in [0.15, 0.2) is 5.69 Å². The molecule has 2 aromatic rings. The number of benzene rings is 1. The van der Waals surface area contributed by atoms with Gasteiger partial charge >= 0.3 is 0 Å². The number of carbonyl (C=O) groups is 1. The molecule has 0 unspecified atom stereocenters. The van der Waals surface area contributed by atoms with Crippen LogP contribution in [0.4, 0.5) is 0 Å². The second-order valence-corrected chi connectivity index (χ2v) is 6.95. The molecule has 2 heterocycles. The van der Waals surface area contributed by atoms with Crippen molar-refractivity contribution in [3.8, 4) is 5.75 Å². The van der Waals surface area contributed by atoms with Gasteiger partial charge in [-0.25, -0.2) is 4.68 Å². The van der Waals surface area contributed by atoms with E-state index in [1.807, 2.05) is 36.1 Å². The Kier molecular flexibility index (Phi) is 5.56. The minimum atomic E-state index is -0.0214. The fourth-order valence-electron chi connectivity index (χ4n) is 3.20. The van der Waals surface area contributed by atoms with Crippen molar-refractivity contribution < 1.29 is 9.53 Å². The Morgan fingerprint density at radius 2 is 1.81 bits per heavy atom. The average molecular weight is 357 g/mol. The van der Waals surface area contributed by atoms with Gasteiger partial charge < -0.3 is 9.64 Å². The molecule has 1 amide bonds. The number of ether oxygens (including phenoxy) is 1. The Hall–Kier alpha value is -2.41. The molecule has 1 aliphatic heterocycles. The van der Waals surface area contributed by atoms with Crippen molar-refractivity contribution in [3.63, 3.8) is 0 Å². The molecule has 7 nitrogen and oxygen atoms in total. The molecule has 140 valence electrons. The van der Waals surface area contributed by atoms with Crippen LogP contribution < -0.4 is 4.74 Å². The lowest BCUT2D eigenvalue weighted by molar-refractivity contribution is 0.0589. The van der Waals surface area contributed by atoms with Crippen molar-refractivity contribution in [2.24, 2.45) is 0 Å². The fourth-order valence-corrected chi connectivity index (χ4v) is 3.20. The Bertz CT molecular complexity index is 746. The summed E-state index contributed by atoms with van der Waals surface area (Å²) in [6, 6.07) is 8.34. The van der Waals surface area contributed by atoms with E-state index in [4.69, 9.17) is 4.74 Å². The maximum Gasteiger partial charge on any atom is 0.276 e. The molecule has 0 atom stereocenters. The van der Waals surface area contributed by atoms with Crippen LogP contribution in [0.2, 0.25) is 0 Å². The van der Waals surface area contributed by atoms with E-state index in [0.717, 1.165) is 43.2 Å². The van der Waals surface area contributed by atoms with Gasteiger partial charge in [-0.1, -0.05) is 17.3 Å². The van der Waals surface area contributed by atoms with E-state index >= 15 is 0 Å². The maximum absolute atomic E-state index is 12.8. The molecule has 1 aromatic carbocycles. The van der Waals surface area contributed by atoms with E-state index < -0.39 is 0 Å². The number of hydrogen-bond donors (Lipinski definition) is 0. The number of amides is 1. The second kappa shape index (κ2) is 7.86. The van der Waals surface area contributed by atoms with Crippen molar-refractivity contribution in [2.45, 2.75) is 33.4 Å². The Balaban J connectivity index is 1.67. The quantitative estimate of drug-likeness (QED) is 0.817. The molecule has 1 saturated heterocycles. The molecule has 1 fully saturated rings. The third-order valence-electron chi connectivity index (χ3n) is 5.01. The second-order valence-electron chi connectivity index (χ2n) is 6.95. The zero-order valence-electron chi connectivity index (χ0n) is 16.0. The molecule has 0 N–H and O–H groups in total. The number of rotatable bonds is 5. The lowest BCUT2D eigenvalue weighted by Crippen LogP contribution is -2.50. The SMILES string of the molecule is COc1ccc(Cn2nnc(C(=O)N3CCN(C(C)C)CC3)c2C)cc1. The molecule has 0 bridgehead atoms. The Morgan fingerprint density at radius 1 is 1.15 bits per heavy atom. The van der Waals surface area contributed by atoms with Crippen molar-refractivity contribution in [1.82, 2.24) is 24.8 Å². The van der Waals surface area contributed by atoms with Crippen LogP contribution in [-0.2, 0) is 6.54 Å². The molecule has 1 aliphatic rings. The molecule has 1 aromatic heterocycles. The molecule has 0 saturated carbocycles. The zero-order chi connectivity index (χ0) is 18.7. The first-order chi connectivity index (χ1) is 12.5.